The zero-order chi connectivity index (χ0) is 16.2. The van der Waals surface area contributed by atoms with E-state index in [0.717, 1.165) is 11.4 Å². The number of nitrogens with zero attached hydrogens (tertiary/aromatic N) is 4. The standard InChI is InChI=1S/C17H14FN5/c1-12(20-16-8-7-14(18)9-13(16)10-19)17-11-23(22-21-17)15-5-3-2-4-6-15/h2-9,11-12,20H,1H3. The summed E-state index contributed by atoms with van der Waals surface area (Å²) < 4.78 is 14.9. The highest BCUT2D eigenvalue weighted by Crippen LogP contribution is 2.22. The molecular formula is C17H14FN5. The van der Waals surface area contributed by atoms with Crippen molar-refractivity contribution in [1.82, 2.24) is 15.0 Å². The Labute approximate surface area is 133 Å². The Morgan fingerprint density at radius 1 is 1.22 bits per heavy atom. The molecule has 23 heavy (non-hydrogen) atoms. The Balaban J connectivity index is 1.81. The molecule has 0 bridgehead atoms. The maximum Gasteiger partial charge on any atom is 0.124 e. The Bertz CT molecular complexity index is 851. The van der Waals surface area contributed by atoms with E-state index in [1.165, 1.54) is 12.1 Å². The van der Waals surface area contributed by atoms with Gasteiger partial charge in [0.05, 0.1) is 29.2 Å². The number of para-hydroxylation sites is 1. The minimum absolute atomic E-state index is 0.176. The first-order valence-corrected chi connectivity index (χ1v) is 7.11. The average molecular weight is 307 g/mol. The molecule has 0 saturated heterocycles. The van der Waals surface area contributed by atoms with E-state index in [1.54, 1.807) is 10.7 Å². The van der Waals surface area contributed by atoms with E-state index < -0.39 is 5.82 Å². The normalized spacial score (nSPS) is 11.7. The summed E-state index contributed by atoms with van der Waals surface area (Å²) in [6.07, 6.45) is 1.82. The first-order valence-electron chi connectivity index (χ1n) is 7.11. The van der Waals surface area contributed by atoms with Crippen LogP contribution in [0.25, 0.3) is 5.69 Å². The van der Waals surface area contributed by atoms with Crippen LogP contribution in [0.3, 0.4) is 0 Å². The lowest BCUT2D eigenvalue weighted by Gasteiger charge is -2.13. The average Bonchev–Trinajstić information content (AvgIpc) is 3.07. The summed E-state index contributed by atoms with van der Waals surface area (Å²) in [6, 6.07) is 15.5. The molecule has 3 aromatic rings. The lowest BCUT2D eigenvalue weighted by atomic mass is 10.1. The third-order valence-corrected chi connectivity index (χ3v) is 3.45. The quantitative estimate of drug-likeness (QED) is 0.801. The molecule has 5 nitrogen and oxygen atoms in total. The summed E-state index contributed by atoms with van der Waals surface area (Å²) >= 11 is 0. The van der Waals surface area contributed by atoms with Crippen LogP contribution in [0.2, 0.25) is 0 Å². The Hall–Kier alpha value is -3.20. The Kier molecular flexibility index (Phi) is 4.02. The molecule has 1 N–H and O–H groups in total. The van der Waals surface area contributed by atoms with Gasteiger partial charge in [-0.2, -0.15) is 5.26 Å². The lowest BCUT2D eigenvalue weighted by Crippen LogP contribution is -2.08. The number of benzene rings is 2. The van der Waals surface area contributed by atoms with Crippen molar-refractivity contribution in [3.63, 3.8) is 0 Å². The maximum atomic E-state index is 13.2. The molecule has 0 aliphatic heterocycles. The first kappa shape index (κ1) is 14.7. The van der Waals surface area contributed by atoms with E-state index in [-0.39, 0.29) is 11.6 Å². The fraction of sp³-hybridized carbons (Fsp3) is 0.118. The summed E-state index contributed by atoms with van der Waals surface area (Å²) in [6.45, 7) is 1.91. The number of rotatable bonds is 4. The van der Waals surface area contributed by atoms with Crippen molar-refractivity contribution in [2.24, 2.45) is 0 Å². The highest BCUT2D eigenvalue weighted by atomic mass is 19.1. The van der Waals surface area contributed by atoms with Crippen molar-refractivity contribution >= 4 is 5.69 Å². The van der Waals surface area contributed by atoms with Crippen molar-refractivity contribution in [2.75, 3.05) is 5.32 Å². The predicted molar refractivity (Wildman–Crippen MR) is 84.5 cm³/mol. The second-order valence-corrected chi connectivity index (χ2v) is 5.09. The molecule has 0 aliphatic rings. The SMILES string of the molecule is CC(Nc1ccc(F)cc1C#N)c1cn(-c2ccccc2)nn1. The third-order valence-electron chi connectivity index (χ3n) is 3.45. The van der Waals surface area contributed by atoms with E-state index in [0.29, 0.717) is 5.69 Å². The molecule has 0 saturated carbocycles. The molecule has 6 heteroatoms. The summed E-state index contributed by atoms with van der Waals surface area (Å²) in [5, 5.41) is 20.5. The molecule has 2 aromatic carbocycles. The van der Waals surface area contributed by atoms with Crippen LogP contribution in [0.5, 0.6) is 0 Å². The zero-order valence-electron chi connectivity index (χ0n) is 12.4. The van der Waals surface area contributed by atoms with Crippen molar-refractivity contribution in [3.8, 4) is 11.8 Å². The van der Waals surface area contributed by atoms with Crippen LogP contribution in [0.4, 0.5) is 10.1 Å². The molecule has 0 fully saturated rings. The van der Waals surface area contributed by atoms with Crippen molar-refractivity contribution < 1.29 is 4.39 Å². The van der Waals surface area contributed by atoms with Crippen LogP contribution in [-0.4, -0.2) is 15.0 Å². The van der Waals surface area contributed by atoms with E-state index in [9.17, 15) is 4.39 Å². The van der Waals surface area contributed by atoms with Crippen molar-refractivity contribution in [2.45, 2.75) is 13.0 Å². The van der Waals surface area contributed by atoms with Gasteiger partial charge >= 0.3 is 0 Å². The fourth-order valence-electron chi connectivity index (χ4n) is 2.22. The first-order chi connectivity index (χ1) is 11.2. The van der Waals surface area contributed by atoms with Gasteiger partial charge in [0, 0.05) is 0 Å². The van der Waals surface area contributed by atoms with Gasteiger partial charge in [-0.25, -0.2) is 9.07 Å². The number of nitriles is 1. The highest BCUT2D eigenvalue weighted by molar-refractivity contribution is 5.58. The lowest BCUT2D eigenvalue weighted by molar-refractivity contribution is 0.627. The highest BCUT2D eigenvalue weighted by Gasteiger charge is 2.13. The van der Waals surface area contributed by atoms with Crippen LogP contribution >= 0.6 is 0 Å². The number of hydrogen-bond donors (Lipinski definition) is 1. The summed E-state index contributed by atoms with van der Waals surface area (Å²) in [5.74, 6) is -0.435. The van der Waals surface area contributed by atoms with Gasteiger partial charge in [0.1, 0.15) is 17.6 Å². The molecule has 1 aromatic heterocycles. The minimum atomic E-state index is -0.435. The summed E-state index contributed by atoms with van der Waals surface area (Å²) in [7, 11) is 0. The van der Waals surface area contributed by atoms with Crippen LogP contribution in [0.1, 0.15) is 24.2 Å². The van der Waals surface area contributed by atoms with Gasteiger partial charge in [-0.3, -0.25) is 0 Å². The van der Waals surface area contributed by atoms with Gasteiger partial charge in [-0.1, -0.05) is 23.4 Å². The van der Waals surface area contributed by atoms with E-state index in [2.05, 4.69) is 15.6 Å². The zero-order valence-corrected chi connectivity index (χ0v) is 12.4. The van der Waals surface area contributed by atoms with Crippen molar-refractivity contribution in [3.05, 3.63) is 71.8 Å². The van der Waals surface area contributed by atoms with Gasteiger partial charge in [-0.05, 0) is 37.3 Å². The number of aromatic nitrogens is 3. The molecule has 1 atom stereocenters. The molecule has 0 radical (unpaired) electrons. The van der Waals surface area contributed by atoms with Crippen LogP contribution in [0, 0.1) is 17.1 Å². The predicted octanol–water partition coefficient (Wildman–Crippen LogP) is 3.45. The molecule has 114 valence electrons. The fourth-order valence-corrected chi connectivity index (χ4v) is 2.22. The molecule has 0 amide bonds. The topological polar surface area (TPSA) is 66.5 Å². The molecule has 0 spiro atoms. The van der Waals surface area contributed by atoms with E-state index >= 15 is 0 Å². The van der Waals surface area contributed by atoms with Crippen LogP contribution in [0.15, 0.2) is 54.7 Å². The molecule has 3 rings (SSSR count). The Morgan fingerprint density at radius 3 is 2.74 bits per heavy atom. The van der Waals surface area contributed by atoms with Gasteiger partial charge in [0.2, 0.25) is 0 Å². The maximum absolute atomic E-state index is 13.2. The van der Waals surface area contributed by atoms with Gasteiger partial charge < -0.3 is 5.32 Å². The molecular weight excluding hydrogens is 293 g/mol. The largest absolute Gasteiger partial charge is 0.376 e. The monoisotopic (exact) mass is 307 g/mol. The number of hydrogen-bond acceptors (Lipinski definition) is 4. The third kappa shape index (κ3) is 3.19. The van der Waals surface area contributed by atoms with E-state index in [1.807, 2.05) is 49.5 Å². The Morgan fingerprint density at radius 2 is 2.00 bits per heavy atom. The second kappa shape index (κ2) is 6.28. The van der Waals surface area contributed by atoms with Crippen molar-refractivity contribution in [1.29, 1.82) is 5.26 Å². The molecule has 1 unspecified atom stereocenters. The summed E-state index contributed by atoms with van der Waals surface area (Å²) in [4.78, 5) is 0. The van der Waals surface area contributed by atoms with Gasteiger partial charge in [0.25, 0.3) is 0 Å². The molecule has 0 aliphatic carbocycles. The van der Waals surface area contributed by atoms with Gasteiger partial charge in [0.15, 0.2) is 0 Å². The van der Waals surface area contributed by atoms with E-state index in [4.69, 9.17) is 5.26 Å². The molecule has 1 heterocycles. The smallest absolute Gasteiger partial charge is 0.124 e. The number of nitrogens with one attached hydrogen (secondary N) is 1. The number of halogens is 1. The van der Waals surface area contributed by atoms with Gasteiger partial charge in [-0.15, -0.1) is 5.10 Å². The minimum Gasteiger partial charge on any atom is -0.376 e. The van der Waals surface area contributed by atoms with Crippen LogP contribution in [-0.2, 0) is 0 Å². The number of anilines is 1. The second-order valence-electron chi connectivity index (χ2n) is 5.09. The summed E-state index contributed by atoms with van der Waals surface area (Å²) in [5.41, 5.74) is 2.46. The van der Waals surface area contributed by atoms with Crippen LogP contribution < -0.4 is 5.32 Å².